The molecule has 0 saturated carbocycles. The molecule has 0 amide bonds. The standard InChI is InChI=1S/C14H12F2N2/c1-17-14(10-6-8-11(15)9-7-10)18-13-5-3-2-4-12(13)16/h2-9H,1H3,(H,17,18). The Morgan fingerprint density at radius 2 is 1.67 bits per heavy atom. The molecule has 0 radical (unpaired) electrons. The van der Waals surface area contributed by atoms with Crippen LogP contribution < -0.4 is 5.32 Å². The van der Waals surface area contributed by atoms with Crippen LogP contribution in [0.4, 0.5) is 14.5 Å². The summed E-state index contributed by atoms with van der Waals surface area (Å²) in [5.41, 5.74) is 1.03. The van der Waals surface area contributed by atoms with Crippen LogP contribution in [0.25, 0.3) is 0 Å². The molecular formula is C14H12F2N2. The minimum atomic E-state index is -0.360. The number of nitrogens with zero attached hydrogens (tertiary/aromatic N) is 1. The molecule has 4 heteroatoms. The van der Waals surface area contributed by atoms with E-state index in [4.69, 9.17) is 0 Å². The van der Waals surface area contributed by atoms with Gasteiger partial charge in [-0.15, -0.1) is 0 Å². The number of halogens is 2. The number of hydrogen-bond acceptors (Lipinski definition) is 1. The second-order valence-corrected chi connectivity index (χ2v) is 3.68. The van der Waals surface area contributed by atoms with Crippen molar-refractivity contribution in [2.45, 2.75) is 0 Å². The average Bonchev–Trinajstić information content (AvgIpc) is 2.39. The molecular weight excluding hydrogens is 234 g/mol. The Labute approximate surface area is 104 Å². The Morgan fingerprint density at radius 3 is 2.28 bits per heavy atom. The van der Waals surface area contributed by atoms with Crippen LogP contribution in [0.15, 0.2) is 53.5 Å². The third-order valence-corrected chi connectivity index (χ3v) is 2.47. The molecule has 2 aromatic carbocycles. The van der Waals surface area contributed by atoms with Crippen molar-refractivity contribution in [3.05, 3.63) is 65.7 Å². The van der Waals surface area contributed by atoms with Crippen molar-refractivity contribution in [3.8, 4) is 0 Å². The number of hydrogen-bond donors (Lipinski definition) is 1. The Kier molecular flexibility index (Phi) is 3.67. The number of benzene rings is 2. The molecule has 0 saturated heterocycles. The van der Waals surface area contributed by atoms with E-state index < -0.39 is 0 Å². The van der Waals surface area contributed by atoms with Crippen LogP contribution in [0.2, 0.25) is 0 Å². The fraction of sp³-hybridized carbons (Fsp3) is 0.0714. The van der Waals surface area contributed by atoms with Crippen LogP contribution in [0.3, 0.4) is 0 Å². The van der Waals surface area contributed by atoms with Crippen molar-refractivity contribution in [3.63, 3.8) is 0 Å². The molecule has 0 atom stereocenters. The highest BCUT2D eigenvalue weighted by Crippen LogP contribution is 2.14. The van der Waals surface area contributed by atoms with Gasteiger partial charge in [0, 0.05) is 12.6 Å². The lowest BCUT2D eigenvalue weighted by Gasteiger charge is -2.10. The predicted molar refractivity (Wildman–Crippen MR) is 68.9 cm³/mol. The summed E-state index contributed by atoms with van der Waals surface area (Å²) in [6.45, 7) is 0. The minimum Gasteiger partial charge on any atom is -0.338 e. The topological polar surface area (TPSA) is 24.4 Å². The van der Waals surface area contributed by atoms with Gasteiger partial charge in [0.1, 0.15) is 17.5 Å². The quantitative estimate of drug-likeness (QED) is 0.637. The maximum absolute atomic E-state index is 13.5. The summed E-state index contributed by atoms with van der Waals surface area (Å²) in [5, 5.41) is 2.89. The number of rotatable bonds is 2. The van der Waals surface area contributed by atoms with Gasteiger partial charge in [0.25, 0.3) is 0 Å². The molecule has 2 aromatic rings. The van der Waals surface area contributed by atoms with E-state index in [1.165, 1.54) is 18.2 Å². The molecule has 1 N–H and O–H groups in total. The van der Waals surface area contributed by atoms with Crippen LogP contribution in [0.5, 0.6) is 0 Å². The second-order valence-electron chi connectivity index (χ2n) is 3.68. The predicted octanol–water partition coefficient (Wildman–Crippen LogP) is 3.45. The molecule has 2 nitrogen and oxygen atoms in total. The Hall–Kier alpha value is -2.23. The summed E-state index contributed by atoms with van der Waals surface area (Å²) in [6.07, 6.45) is 0. The zero-order valence-corrected chi connectivity index (χ0v) is 9.82. The van der Waals surface area contributed by atoms with Crippen molar-refractivity contribution < 1.29 is 8.78 Å². The van der Waals surface area contributed by atoms with Gasteiger partial charge in [-0.05, 0) is 36.4 Å². The molecule has 18 heavy (non-hydrogen) atoms. The molecule has 0 aromatic heterocycles. The van der Waals surface area contributed by atoms with E-state index in [9.17, 15) is 8.78 Å². The van der Waals surface area contributed by atoms with E-state index in [0.717, 1.165) is 0 Å². The highest BCUT2D eigenvalue weighted by Gasteiger charge is 2.06. The molecule has 92 valence electrons. The highest BCUT2D eigenvalue weighted by atomic mass is 19.1. The van der Waals surface area contributed by atoms with E-state index in [1.54, 1.807) is 37.4 Å². The summed E-state index contributed by atoms with van der Waals surface area (Å²) in [4.78, 5) is 4.04. The fourth-order valence-corrected chi connectivity index (χ4v) is 1.56. The summed E-state index contributed by atoms with van der Waals surface area (Å²) in [7, 11) is 1.59. The lowest BCUT2D eigenvalue weighted by Crippen LogP contribution is -2.14. The molecule has 0 fully saturated rings. The van der Waals surface area contributed by atoms with Gasteiger partial charge in [0.05, 0.1) is 5.69 Å². The normalized spacial score (nSPS) is 11.4. The van der Waals surface area contributed by atoms with Crippen LogP contribution in [-0.2, 0) is 0 Å². The third-order valence-electron chi connectivity index (χ3n) is 2.47. The molecule has 0 unspecified atom stereocenters. The molecule has 0 aliphatic heterocycles. The maximum Gasteiger partial charge on any atom is 0.146 e. The monoisotopic (exact) mass is 246 g/mol. The number of para-hydroxylation sites is 1. The summed E-state index contributed by atoms with van der Waals surface area (Å²) < 4.78 is 26.3. The first-order valence-electron chi connectivity index (χ1n) is 5.45. The van der Waals surface area contributed by atoms with Gasteiger partial charge >= 0.3 is 0 Å². The van der Waals surface area contributed by atoms with Crippen LogP contribution in [0, 0.1) is 11.6 Å². The molecule has 0 aliphatic rings. The number of anilines is 1. The first-order valence-corrected chi connectivity index (χ1v) is 5.45. The van der Waals surface area contributed by atoms with Crippen molar-refractivity contribution >= 4 is 11.5 Å². The van der Waals surface area contributed by atoms with Gasteiger partial charge in [-0.3, -0.25) is 4.99 Å². The molecule has 0 spiro atoms. The Balaban J connectivity index is 2.26. The van der Waals surface area contributed by atoms with E-state index in [2.05, 4.69) is 10.3 Å². The molecule has 0 heterocycles. The Morgan fingerprint density at radius 1 is 1.00 bits per heavy atom. The smallest absolute Gasteiger partial charge is 0.146 e. The summed E-state index contributed by atoms with van der Waals surface area (Å²) >= 11 is 0. The third kappa shape index (κ3) is 2.71. The van der Waals surface area contributed by atoms with Crippen molar-refractivity contribution in [2.24, 2.45) is 4.99 Å². The zero-order valence-electron chi connectivity index (χ0n) is 9.82. The van der Waals surface area contributed by atoms with Gasteiger partial charge in [-0.1, -0.05) is 12.1 Å². The summed E-state index contributed by atoms with van der Waals surface area (Å²) in [5.74, 6) is -0.194. The van der Waals surface area contributed by atoms with Crippen molar-refractivity contribution in [1.29, 1.82) is 0 Å². The number of amidine groups is 1. The lowest BCUT2D eigenvalue weighted by molar-refractivity contribution is 0.627. The average molecular weight is 246 g/mol. The zero-order chi connectivity index (χ0) is 13.0. The second kappa shape index (κ2) is 5.40. The Bertz CT molecular complexity index is 562. The van der Waals surface area contributed by atoms with E-state index >= 15 is 0 Å². The fourth-order valence-electron chi connectivity index (χ4n) is 1.56. The van der Waals surface area contributed by atoms with Crippen LogP contribution in [0.1, 0.15) is 5.56 Å². The first kappa shape index (κ1) is 12.2. The molecule has 0 bridgehead atoms. The SMILES string of the molecule is CN=C(Nc1ccccc1F)c1ccc(F)cc1. The van der Waals surface area contributed by atoms with Crippen LogP contribution in [-0.4, -0.2) is 12.9 Å². The van der Waals surface area contributed by atoms with E-state index in [-0.39, 0.29) is 11.6 Å². The number of aliphatic imine (C=N–C) groups is 1. The van der Waals surface area contributed by atoms with Gasteiger partial charge in [-0.2, -0.15) is 0 Å². The van der Waals surface area contributed by atoms with Crippen molar-refractivity contribution in [1.82, 2.24) is 0 Å². The largest absolute Gasteiger partial charge is 0.338 e. The lowest BCUT2D eigenvalue weighted by atomic mass is 10.2. The van der Waals surface area contributed by atoms with E-state index in [0.29, 0.717) is 17.1 Å². The molecule has 0 aliphatic carbocycles. The highest BCUT2D eigenvalue weighted by molar-refractivity contribution is 6.08. The van der Waals surface area contributed by atoms with Crippen LogP contribution >= 0.6 is 0 Å². The van der Waals surface area contributed by atoms with Gasteiger partial charge < -0.3 is 5.32 Å². The minimum absolute atomic E-state index is 0.319. The number of nitrogens with one attached hydrogen (secondary N) is 1. The summed E-state index contributed by atoms with van der Waals surface area (Å²) in [6, 6.07) is 12.2. The maximum atomic E-state index is 13.5. The van der Waals surface area contributed by atoms with Crippen molar-refractivity contribution in [2.75, 3.05) is 12.4 Å². The molecule has 2 rings (SSSR count). The van der Waals surface area contributed by atoms with E-state index in [1.807, 2.05) is 0 Å². The van der Waals surface area contributed by atoms with Gasteiger partial charge in [0.15, 0.2) is 0 Å². The van der Waals surface area contributed by atoms with Gasteiger partial charge in [-0.25, -0.2) is 8.78 Å². The first-order chi connectivity index (χ1) is 8.70. The van der Waals surface area contributed by atoms with Gasteiger partial charge in [0.2, 0.25) is 0 Å².